The van der Waals surface area contributed by atoms with E-state index in [0.717, 1.165) is 89.6 Å². The van der Waals surface area contributed by atoms with Gasteiger partial charge in [0.1, 0.15) is 34.1 Å². The fraction of sp³-hybridized carbons (Fsp3) is 0.0227. The van der Waals surface area contributed by atoms with Gasteiger partial charge in [0.05, 0.1) is 33.5 Å². The van der Waals surface area contributed by atoms with Gasteiger partial charge < -0.3 is 18.0 Å². The van der Waals surface area contributed by atoms with Crippen LogP contribution >= 0.6 is 0 Å². The van der Waals surface area contributed by atoms with Crippen molar-refractivity contribution in [3.8, 4) is 90.7 Å². The number of hydrogen-bond acceptors (Lipinski definition) is 8. The predicted octanol–water partition coefficient (Wildman–Crippen LogP) is 22.5. The Balaban J connectivity index is 0.000000137. The molecule has 0 aliphatic rings. The normalized spacial score (nSPS) is 11.8. The fourth-order valence-corrected chi connectivity index (χ4v) is 14.5. The number of imidazole rings is 2. The second-order valence-electron chi connectivity index (χ2n) is 25.1. The summed E-state index contributed by atoms with van der Waals surface area (Å²) in [5.74, 6) is 2.97. The molecule has 460 valence electrons. The maximum atomic E-state index is 6.02. The summed E-state index contributed by atoms with van der Waals surface area (Å²) in [6.45, 7) is 0. The van der Waals surface area contributed by atoms with Crippen LogP contribution in [0.25, 0.3) is 200 Å². The van der Waals surface area contributed by atoms with Gasteiger partial charge >= 0.3 is 0 Å². The topological polar surface area (TPSA) is 113 Å². The number of hydrogen-bond donors (Lipinski definition) is 0. The van der Waals surface area contributed by atoms with E-state index in [1.807, 2.05) is 97.1 Å². The van der Waals surface area contributed by atoms with Gasteiger partial charge in [0.25, 0.3) is 0 Å². The van der Waals surface area contributed by atoms with Gasteiger partial charge in [-0.05, 0) is 196 Å². The Hall–Kier alpha value is -13.2. The van der Waals surface area contributed by atoms with Crippen LogP contribution < -0.4 is 0 Å². The molecule has 0 atom stereocenters. The SMILES string of the molecule is Cn1c(-c2cccc(-c3ccc4c5ccc(-c6cccc(-c7nc8ccccc8n7C)c6)cc5c5ccccc5c4c3)c2)nc2ccccc21.c1cc(-c2ccc3c4ccc(-c5cccc(-c6nc7ccccc7o6)n5)cc4c4ccccc4c3c2)nc(-c2nc3ccccc3o2)c1. The predicted molar refractivity (Wildman–Crippen MR) is 401 cm³/mol. The highest BCUT2D eigenvalue weighted by molar-refractivity contribution is 6.27. The van der Waals surface area contributed by atoms with Crippen LogP contribution in [0.4, 0.5) is 0 Å². The molecule has 10 nitrogen and oxygen atoms in total. The maximum absolute atomic E-state index is 6.02. The number of aryl methyl sites for hydroxylation is 2. The summed E-state index contributed by atoms with van der Waals surface area (Å²) in [7, 11) is 4.18. The summed E-state index contributed by atoms with van der Waals surface area (Å²) in [5, 5.41) is 14.6. The van der Waals surface area contributed by atoms with E-state index in [-0.39, 0.29) is 0 Å². The third kappa shape index (κ3) is 9.56. The molecule has 20 aromatic rings. The molecule has 0 N–H and O–H groups in total. The lowest BCUT2D eigenvalue weighted by atomic mass is 9.90. The monoisotopic (exact) mass is 1260 g/mol. The summed E-state index contributed by atoms with van der Waals surface area (Å²) in [5.41, 5.74) is 19.6. The molecule has 0 radical (unpaired) electrons. The molecule has 20 rings (SSSR count). The summed E-state index contributed by atoms with van der Waals surface area (Å²) >= 11 is 0. The number of nitrogens with zero attached hydrogens (tertiary/aromatic N) is 8. The first-order chi connectivity index (χ1) is 48.3. The average molecular weight is 1260 g/mol. The van der Waals surface area contributed by atoms with Crippen LogP contribution in [0.2, 0.25) is 0 Å². The van der Waals surface area contributed by atoms with Gasteiger partial charge in [0.2, 0.25) is 11.8 Å². The summed E-state index contributed by atoms with van der Waals surface area (Å²) in [6.07, 6.45) is 0. The Labute approximate surface area is 561 Å². The highest BCUT2D eigenvalue weighted by atomic mass is 16.4. The Bertz CT molecular complexity index is 6130. The highest BCUT2D eigenvalue weighted by Gasteiger charge is 2.19. The number of pyridine rings is 2. The average Bonchev–Trinajstić information content (AvgIpc) is 1.32. The van der Waals surface area contributed by atoms with Gasteiger partial charge in [-0.1, -0.05) is 194 Å². The zero-order chi connectivity index (χ0) is 65.0. The minimum Gasteiger partial charge on any atom is -0.435 e. The van der Waals surface area contributed by atoms with Crippen molar-refractivity contribution in [2.24, 2.45) is 14.1 Å². The van der Waals surface area contributed by atoms with Crippen molar-refractivity contribution in [3.05, 3.63) is 303 Å². The maximum Gasteiger partial charge on any atom is 0.246 e. The zero-order valence-corrected chi connectivity index (χ0v) is 53.3. The molecule has 0 fully saturated rings. The van der Waals surface area contributed by atoms with E-state index in [9.17, 15) is 0 Å². The van der Waals surface area contributed by atoms with Crippen molar-refractivity contribution in [1.29, 1.82) is 0 Å². The first kappa shape index (κ1) is 56.4. The van der Waals surface area contributed by atoms with E-state index in [1.54, 1.807) is 0 Å². The van der Waals surface area contributed by atoms with Crippen molar-refractivity contribution in [3.63, 3.8) is 0 Å². The Morgan fingerprint density at radius 2 is 0.520 bits per heavy atom. The number of fused-ring (bicyclic) bond motifs is 16. The molecule has 0 bridgehead atoms. The standard InChI is InChI=1S/C46H32N4.C42H24N4O2/c1-49-43-19-7-5-17-41(43)47-45(49)33-13-9-11-29(25-33)31-21-23-37-38-24-22-32(28-40(38)36-16-4-3-15-35(36)39(37)27-31)30-12-10-14-34(26-30)46-48-42-18-6-8-20-44(42)50(46)2;1-2-10-28-27(9-1)31-23-25(33-13-7-15-37(43-33)41-45-35-11-3-5-17-39(35)47-41)19-21-29(31)30-22-20-26(24-32(28)30)34-14-8-16-38(44-34)42-46-36-12-4-6-18-40(36)48-42/h3-28H,1-2H3;1-24H. The number of aromatic nitrogens is 8. The zero-order valence-electron chi connectivity index (χ0n) is 53.3. The Morgan fingerprint density at radius 3 is 0.918 bits per heavy atom. The molecule has 0 aliphatic carbocycles. The van der Waals surface area contributed by atoms with Crippen LogP contribution in [0.15, 0.2) is 312 Å². The second kappa shape index (κ2) is 22.8. The number of oxazole rings is 2. The molecule has 0 aliphatic heterocycles. The van der Waals surface area contributed by atoms with Crippen LogP contribution in [-0.4, -0.2) is 39.0 Å². The molecule has 0 saturated heterocycles. The molecule has 0 saturated carbocycles. The van der Waals surface area contributed by atoms with E-state index in [0.29, 0.717) is 23.2 Å². The molecule has 6 heterocycles. The lowest BCUT2D eigenvalue weighted by Gasteiger charge is -2.14. The largest absolute Gasteiger partial charge is 0.435 e. The third-order valence-corrected chi connectivity index (χ3v) is 19.3. The molecule has 10 heteroatoms. The van der Waals surface area contributed by atoms with Crippen molar-refractivity contribution in [2.75, 3.05) is 0 Å². The number of para-hydroxylation sites is 8. The van der Waals surface area contributed by atoms with Gasteiger partial charge in [-0.15, -0.1) is 0 Å². The number of benzene rings is 14. The quantitative estimate of drug-likeness (QED) is 0.138. The minimum absolute atomic E-state index is 0.514. The molecular weight excluding hydrogens is 1200 g/mol. The molecule has 14 aromatic carbocycles. The van der Waals surface area contributed by atoms with Crippen LogP contribution in [0.1, 0.15) is 0 Å². The molecule has 0 unspecified atom stereocenters. The first-order valence-electron chi connectivity index (χ1n) is 32.8. The second-order valence-corrected chi connectivity index (χ2v) is 25.1. The lowest BCUT2D eigenvalue weighted by molar-refractivity contribution is 0.616. The fourth-order valence-electron chi connectivity index (χ4n) is 14.5. The van der Waals surface area contributed by atoms with Gasteiger partial charge in [-0.25, -0.2) is 29.9 Å². The van der Waals surface area contributed by atoms with Gasteiger partial charge in [-0.2, -0.15) is 0 Å². The van der Waals surface area contributed by atoms with Gasteiger partial charge in [-0.3, -0.25) is 0 Å². The van der Waals surface area contributed by atoms with E-state index in [1.165, 1.54) is 86.9 Å². The van der Waals surface area contributed by atoms with E-state index >= 15 is 0 Å². The van der Waals surface area contributed by atoms with Crippen LogP contribution in [-0.2, 0) is 14.1 Å². The van der Waals surface area contributed by atoms with Crippen molar-refractivity contribution in [1.82, 2.24) is 39.0 Å². The Kier molecular flexibility index (Phi) is 13.1. The van der Waals surface area contributed by atoms with E-state index < -0.39 is 0 Å². The highest BCUT2D eigenvalue weighted by Crippen LogP contribution is 2.43. The van der Waals surface area contributed by atoms with Crippen molar-refractivity contribution < 1.29 is 8.83 Å². The van der Waals surface area contributed by atoms with E-state index in [2.05, 4.69) is 239 Å². The van der Waals surface area contributed by atoms with Gasteiger partial charge in [0.15, 0.2) is 11.2 Å². The smallest absolute Gasteiger partial charge is 0.246 e. The van der Waals surface area contributed by atoms with Crippen molar-refractivity contribution >= 4 is 109 Å². The number of rotatable bonds is 8. The van der Waals surface area contributed by atoms with E-state index in [4.69, 9.17) is 28.8 Å². The molecule has 0 amide bonds. The molecular formula is C88H56N8O2. The molecule has 0 spiro atoms. The third-order valence-electron chi connectivity index (χ3n) is 19.3. The van der Waals surface area contributed by atoms with Gasteiger partial charge in [0, 0.05) is 36.3 Å². The lowest BCUT2D eigenvalue weighted by Crippen LogP contribution is -1.93. The summed E-state index contributed by atoms with van der Waals surface area (Å²) in [4.78, 5) is 29.2. The van der Waals surface area contributed by atoms with Crippen LogP contribution in [0, 0.1) is 0 Å². The van der Waals surface area contributed by atoms with Crippen LogP contribution in [0.5, 0.6) is 0 Å². The first-order valence-corrected chi connectivity index (χ1v) is 32.8. The Morgan fingerprint density at radius 1 is 0.214 bits per heavy atom. The summed E-state index contributed by atoms with van der Waals surface area (Å²) in [6, 6.07) is 106. The minimum atomic E-state index is 0.514. The molecule has 6 aromatic heterocycles. The van der Waals surface area contributed by atoms with Crippen LogP contribution in [0.3, 0.4) is 0 Å². The summed E-state index contributed by atoms with van der Waals surface area (Å²) < 4.78 is 16.4. The van der Waals surface area contributed by atoms with Crippen molar-refractivity contribution in [2.45, 2.75) is 0 Å². The molecule has 98 heavy (non-hydrogen) atoms.